The first-order valence-corrected chi connectivity index (χ1v) is 12.2. The second-order valence-electron chi connectivity index (χ2n) is 8.09. The number of aryl methyl sites for hydroxylation is 1. The molecule has 3 aromatic rings. The number of rotatable bonds is 4. The summed E-state index contributed by atoms with van der Waals surface area (Å²) < 4.78 is 41.2. The third-order valence-corrected chi connectivity index (χ3v) is 7.73. The number of fused-ring (bicyclic) bond motifs is 2. The van der Waals surface area contributed by atoms with E-state index in [-0.39, 0.29) is 10.8 Å². The van der Waals surface area contributed by atoms with Gasteiger partial charge in [-0.25, -0.2) is 12.8 Å². The minimum atomic E-state index is -3.86. The Morgan fingerprint density at radius 2 is 1.79 bits per heavy atom. The fourth-order valence-corrected chi connectivity index (χ4v) is 5.74. The molecular formula is C24H23FN4O3S. The number of hydrogen-bond donors (Lipinski definition) is 3. The summed E-state index contributed by atoms with van der Waals surface area (Å²) >= 11 is 0. The minimum Gasteiger partial charge on any atom is -0.381 e. The van der Waals surface area contributed by atoms with Gasteiger partial charge in [0, 0.05) is 18.8 Å². The monoisotopic (exact) mass is 466 g/mol. The van der Waals surface area contributed by atoms with Gasteiger partial charge in [-0.2, -0.15) is 0 Å². The van der Waals surface area contributed by atoms with Gasteiger partial charge in [-0.1, -0.05) is 18.2 Å². The summed E-state index contributed by atoms with van der Waals surface area (Å²) in [5.41, 5.74) is 3.73. The molecule has 9 heteroatoms. The summed E-state index contributed by atoms with van der Waals surface area (Å²) in [6.07, 6.45) is 1.42. The predicted octanol–water partition coefficient (Wildman–Crippen LogP) is 3.81. The zero-order valence-electron chi connectivity index (χ0n) is 17.7. The van der Waals surface area contributed by atoms with E-state index in [1.54, 1.807) is 12.1 Å². The molecule has 1 unspecified atom stereocenters. The van der Waals surface area contributed by atoms with Crippen molar-refractivity contribution in [3.63, 3.8) is 0 Å². The lowest BCUT2D eigenvalue weighted by Gasteiger charge is -2.31. The van der Waals surface area contributed by atoms with Gasteiger partial charge < -0.3 is 16.0 Å². The first-order valence-electron chi connectivity index (χ1n) is 10.7. The molecule has 170 valence electrons. The van der Waals surface area contributed by atoms with Crippen LogP contribution in [-0.2, 0) is 21.2 Å². The number of halogens is 1. The molecule has 0 aliphatic carbocycles. The van der Waals surface area contributed by atoms with Gasteiger partial charge in [-0.05, 0) is 66.9 Å². The molecule has 0 spiro atoms. The highest BCUT2D eigenvalue weighted by molar-refractivity contribution is 7.92. The number of nitrogens with zero attached hydrogens (tertiary/aromatic N) is 1. The molecule has 3 aromatic carbocycles. The Hall–Kier alpha value is -3.59. The lowest BCUT2D eigenvalue weighted by molar-refractivity contribution is -0.116. The third kappa shape index (κ3) is 4.11. The van der Waals surface area contributed by atoms with Crippen molar-refractivity contribution in [3.8, 4) is 0 Å². The van der Waals surface area contributed by atoms with Gasteiger partial charge in [0.05, 0.1) is 22.0 Å². The van der Waals surface area contributed by atoms with E-state index in [1.807, 2.05) is 30.3 Å². The Morgan fingerprint density at radius 3 is 2.58 bits per heavy atom. The fraction of sp³-hybridized carbons (Fsp3) is 0.208. The second-order valence-corrected chi connectivity index (χ2v) is 9.95. The van der Waals surface area contributed by atoms with Gasteiger partial charge in [-0.3, -0.25) is 9.10 Å². The van der Waals surface area contributed by atoms with Crippen LogP contribution in [0.2, 0.25) is 0 Å². The van der Waals surface area contributed by atoms with E-state index in [0.29, 0.717) is 30.9 Å². The van der Waals surface area contributed by atoms with Gasteiger partial charge in [-0.15, -0.1) is 0 Å². The molecule has 2 heterocycles. The summed E-state index contributed by atoms with van der Waals surface area (Å²) in [4.78, 5) is 12.9. The smallest absolute Gasteiger partial charge is 0.264 e. The molecule has 0 fully saturated rings. The van der Waals surface area contributed by atoms with Crippen molar-refractivity contribution in [2.75, 3.05) is 33.3 Å². The van der Waals surface area contributed by atoms with Crippen LogP contribution < -0.4 is 20.3 Å². The largest absolute Gasteiger partial charge is 0.381 e. The molecule has 3 N–H and O–H groups in total. The van der Waals surface area contributed by atoms with Crippen LogP contribution in [0, 0.1) is 5.82 Å². The second kappa shape index (κ2) is 8.40. The Labute approximate surface area is 191 Å². The number of para-hydroxylation sites is 2. The highest BCUT2D eigenvalue weighted by Crippen LogP contribution is 2.34. The van der Waals surface area contributed by atoms with Crippen LogP contribution >= 0.6 is 0 Å². The number of nitrogens with one attached hydrogen (secondary N) is 3. The highest BCUT2D eigenvalue weighted by atomic mass is 32.2. The van der Waals surface area contributed by atoms with Crippen molar-refractivity contribution >= 4 is 38.7 Å². The summed E-state index contributed by atoms with van der Waals surface area (Å²) in [5.74, 6) is -0.716. The molecular weight excluding hydrogens is 443 g/mol. The molecule has 0 bridgehead atoms. The summed E-state index contributed by atoms with van der Waals surface area (Å²) in [7, 11) is -3.86. The van der Waals surface area contributed by atoms with E-state index >= 15 is 0 Å². The molecule has 33 heavy (non-hydrogen) atoms. The minimum absolute atomic E-state index is 0.0299. The van der Waals surface area contributed by atoms with Gasteiger partial charge >= 0.3 is 0 Å². The van der Waals surface area contributed by atoms with E-state index in [4.69, 9.17) is 0 Å². The lowest BCUT2D eigenvalue weighted by atomic mass is 10.0. The van der Waals surface area contributed by atoms with Crippen LogP contribution in [0.4, 0.5) is 27.1 Å². The maximum atomic E-state index is 13.3. The summed E-state index contributed by atoms with van der Waals surface area (Å²) in [5, 5.41) is 9.37. The quantitative estimate of drug-likeness (QED) is 0.544. The van der Waals surface area contributed by atoms with Crippen molar-refractivity contribution in [3.05, 3.63) is 78.1 Å². The number of carbonyl (C=O) groups is 1. The van der Waals surface area contributed by atoms with E-state index < -0.39 is 21.9 Å². The van der Waals surface area contributed by atoms with Crippen LogP contribution in [0.1, 0.15) is 12.0 Å². The van der Waals surface area contributed by atoms with Crippen molar-refractivity contribution in [1.82, 2.24) is 0 Å². The molecule has 1 atom stereocenters. The topological polar surface area (TPSA) is 90.5 Å². The van der Waals surface area contributed by atoms with Crippen molar-refractivity contribution < 1.29 is 17.6 Å². The number of carbonyl (C=O) groups excluding carboxylic acids is 1. The fourth-order valence-electron chi connectivity index (χ4n) is 4.20. The van der Waals surface area contributed by atoms with E-state index in [0.717, 1.165) is 35.5 Å². The Kier molecular flexibility index (Phi) is 5.41. The molecule has 7 nitrogen and oxygen atoms in total. The zero-order valence-corrected chi connectivity index (χ0v) is 18.5. The lowest BCUT2D eigenvalue weighted by Crippen LogP contribution is -2.43. The molecule has 0 radical (unpaired) electrons. The number of benzene rings is 3. The molecule has 0 saturated carbocycles. The average Bonchev–Trinajstić information content (AvgIpc) is 2.83. The van der Waals surface area contributed by atoms with Crippen LogP contribution in [0.5, 0.6) is 0 Å². The van der Waals surface area contributed by atoms with E-state index in [9.17, 15) is 17.6 Å². The van der Waals surface area contributed by atoms with Crippen LogP contribution in [0.25, 0.3) is 0 Å². The summed E-state index contributed by atoms with van der Waals surface area (Å²) in [6, 6.07) is 17.3. The van der Waals surface area contributed by atoms with Crippen molar-refractivity contribution in [1.29, 1.82) is 0 Å². The molecule has 5 rings (SSSR count). The Balaban J connectivity index is 1.38. The Bertz CT molecular complexity index is 1310. The number of anilines is 4. The molecule has 2 aliphatic rings. The molecule has 0 saturated heterocycles. The first kappa shape index (κ1) is 21.3. The van der Waals surface area contributed by atoms with Crippen LogP contribution in [0.15, 0.2) is 71.6 Å². The zero-order chi connectivity index (χ0) is 23.0. The first-order chi connectivity index (χ1) is 15.9. The molecule has 1 amide bonds. The third-order valence-electron chi connectivity index (χ3n) is 5.90. The maximum Gasteiger partial charge on any atom is 0.264 e. The van der Waals surface area contributed by atoms with Gasteiger partial charge in [0.25, 0.3) is 10.0 Å². The van der Waals surface area contributed by atoms with Crippen molar-refractivity contribution in [2.45, 2.75) is 23.8 Å². The average molecular weight is 467 g/mol. The van der Waals surface area contributed by atoms with Crippen LogP contribution in [0.3, 0.4) is 0 Å². The summed E-state index contributed by atoms with van der Waals surface area (Å²) in [6.45, 7) is 0.744. The van der Waals surface area contributed by atoms with E-state index in [2.05, 4.69) is 16.0 Å². The Morgan fingerprint density at radius 1 is 1.03 bits per heavy atom. The number of amides is 1. The van der Waals surface area contributed by atoms with Gasteiger partial charge in [0.15, 0.2) is 0 Å². The molecule has 0 aromatic heterocycles. The molecule has 2 aliphatic heterocycles. The standard InChI is InChI=1S/C24H23FN4O3S/c25-17-8-11-19(12-9-17)33(31,32)29-13-3-4-16-7-10-18(14-23(16)29)27-24(30)22-15-26-20-5-1-2-6-21(20)28-22/h1-2,5-12,14,22,26,28H,3-4,13,15H2,(H,27,30). The van der Waals surface area contributed by atoms with Gasteiger partial charge in [0.2, 0.25) is 5.91 Å². The SMILES string of the molecule is O=C(Nc1ccc2c(c1)N(S(=O)(=O)c1ccc(F)cc1)CCC2)C1CNc2ccccc2N1. The predicted molar refractivity (Wildman–Crippen MR) is 127 cm³/mol. The normalized spacial score (nSPS) is 17.2. The van der Waals surface area contributed by atoms with Crippen molar-refractivity contribution in [2.24, 2.45) is 0 Å². The number of sulfonamides is 1. The van der Waals surface area contributed by atoms with Crippen LogP contribution in [-0.4, -0.2) is 33.5 Å². The maximum absolute atomic E-state index is 13.3. The van der Waals surface area contributed by atoms with E-state index in [1.165, 1.54) is 16.4 Å². The number of hydrogen-bond acceptors (Lipinski definition) is 5. The highest BCUT2D eigenvalue weighted by Gasteiger charge is 2.30. The van der Waals surface area contributed by atoms with Gasteiger partial charge in [0.1, 0.15) is 11.9 Å².